The first-order chi connectivity index (χ1) is 16.7. The zero-order chi connectivity index (χ0) is 32.3. The number of quaternary nitrogens is 1. The molecule has 0 rings (SSSR count). The van der Waals surface area contributed by atoms with Crippen LogP contribution in [0.4, 0.5) is 57.1 Å². The Morgan fingerprint density at radius 2 is 1.10 bits per heavy atom. The van der Waals surface area contributed by atoms with Crippen LogP contribution in [-0.4, -0.2) is 113 Å². The lowest BCUT2D eigenvalue weighted by atomic mass is 9.98. The molecule has 0 amide bonds. The molecule has 0 aromatic heterocycles. The first-order valence-electron chi connectivity index (χ1n) is 10.1. The molecule has 0 aliphatic heterocycles. The average molecular weight is 652 g/mol. The van der Waals surface area contributed by atoms with Crippen molar-refractivity contribution in [1.82, 2.24) is 4.31 Å². The van der Waals surface area contributed by atoms with E-state index >= 15 is 0 Å². The maximum absolute atomic E-state index is 14.1. The summed E-state index contributed by atoms with van der Waals surface area (Å²) in [5, 5.41) is -7.19. The largest absolute Gasteiger partial charge is 0.726 e. The van der Waals surface area contributed by atoms with Crippen LogP contribution in [0.15, 0.2) is 0 Å². The summed E-state index contributed by atoms with van der Waals surface area (Å²) in [5.74, 6) is -32.1. The number of sulfonamides is 1. The second-order valence-corrected chi connectivity index (χ2v) is 11.5. The monoisotopic (exact) mass is 652 g/mol. The number of alkyl halides is 13. The molecule has 0 spiro atoms. The first kappa shape index (κ1) is 40.0. The molecule has 0 saturated heterocycles. The molecule has 0 heterocycles. The van der Waals surface area contributed by atoms with E-state index in [9.17, 15) is 78.5 Å². The molecule has 0 bridgehead atoms. The van der Waals surface area contributed by atoms with Crippen LogP contribution in [-0.2, 0) is 24.6 Å². The number of hydrogen-bond acceptors (Lipinski definition) is 6. The van der Waals surface area contributed by atoms with E-state index < -0.39 is 72.9 Å². The molecule has 8 nitrogen and oxygen atoms in total. The summed E-state index contributed by atoms with van der Waals surface area (Å²) in [6.07, 6.45) is -7.89. The summed E-state index contributed by atoms with van der Waals surface area (Å²) in [4.78, 5) is 0. The molecule has 238 valence electrons. The van der Waals surface area contributed by atoms with Crippen LogP contribution >= 0.6 is 0 Å². The van der Waals surface area contributed by atoms with Gasteiger partial charge in [0, 0.05) is 19.5 Å². The quantitative estimate of drug-likeness (QED) is 0.129. The Labute approximate surface area is 215 Å². The van der Waals surface area contributed by atoms with Gasteiger partial charge < -0.3 is 9.04 Å². The standard InChI is InChI=1S/C14H20F13N2O2S.C2H6O4S/c1-5-28(7-6-8-29(2,3)4)32(30,31)14(26,27)12(21,22)10(17,18)9(15,16)11(19,20)13(23,24)25;1-2-6-7(3,4)5/h5-8H2,1-4H3;2H2,1H3,(H,3,4,5)/q+1;/p-1. The Kier molecular flexibility index (Phi) is 12.7. The molecule has 23 heteroatoms. The molecule has 0 saturated carbocycles. The third kappa shape index (κ3) is 8.66. The van der Waals surface area contributed by atoms with Crippen molar-refractivity contribution in [2.75, 3.05) is 47.4 Å². The second-order valence-electron chi connectivity index (χ2n) is 8.49. The molecular formula is C16H25F13N2O6S2. The Balaban J connectivity index is 0. The smallest absolute Gasteiger partial charge is 0.460 e. The fourth-order valence-corrected chi connectivity index (χ4v) is 4.17. The van der Waals surface area contributed by atoms with Gasteiger partial charge in [-0.25, -0.2) is 16.8 Å². The van der Waals surface area contributed by atoms with E-state index in [0.29, 0.717) is 0 Å². The van der Waals surface area contributed by atoms with Gasteiger partial charge in [-0.2, -0.15) is 61.4 Å². The molecule has 0 atom stereocenters. The molecule has 0 aromatic rings. The highest BCUT2D eigenvalue weighted by molar-refractivity contribution is 7.90. The average Bonchev–Trinajstić information content (AvgIpc) is 2.68. The molecule has 39 heavy (non-hydrogen) atoms. The zero-order valence-electron chi connectivity index (χ0n) is 20.6. The van der Waals surface area contributed by atoms with E-state index in [2.05, 4.69) is 4.18 Å². The third-order valence-electron chi connectivity index (χ3n) is 4.42. The fourth-order valence-electron chi connectivity index (χ4n) is 2.39. The van der Waals surface area contributed by atoms with Crippen molar-refractivity contribution in [2.24, 2.45) is 0 Å². The van der Waals surface area contributed by atoms with Crippen LogP contribution in [0.2, 0.25) is 0 Å². The van der Waals surface area contributed by atoms with Crippen LogP contribution in [0, 0.1) is 0 Å². The van der Waals surface area contributed by atoms with Crippen LogP contribution in [0.1, 0.15) is 20.3 Å². The van der Waals surface area contributed by atoms with E-state index in [1.165, 1.54) is 28.1 Å². The summed E-state index contributed by atoms with van der Waals surface area (Å²) in [7, 11) is -6.76. The zero-order valence-corrected chi connectivity index (χ0v) is 22.2. The van der Waals surface area contributed by atoms with Gasteiger partial charge in [0.1, 0.15) is 0 Å². The molecule has 0 fully saturated rings. The predicted molar refractivity (Wildman–Crippen MR) is 106 cm³/mol. The molecule has 0 aliphatic rings. The highest BCUT2D eigenvalue weighted by Crippen LogP contribution is 2.61. The Bertz CT molecular complexity index is 1010. The van der Waals surface area contributed by atoms with Gasteiger partial charge in [-0.05, 0) is 6.92 Å². The molecular weight excluding hydrogens is 627 g/mol. The summed E-state index contributed by atoms with van der Waals surface area (Å²) in [5.41, 5.74) is 0. The van der Waals surface area contributed by atoms with Crippen molar-refractivity contribution in [3.05, 3.63) is 0 Å². The Hall–Kier alpha value is -1.17. The van der Waals surface area contributed by atoms with Crippen LogP contribution in [0.5, 0.6) is 0 Å². The summed E-state index contributed by atoms with van der Waals surface area (Å²) in [6, 6.07) is 0. The van der Waals surface area contributed by atoms with Gasteiger partial charge in [-0.1, -0.05) is 6.92 Å². The molecule has 0 aliphatic carbocycles. The van der Waals surface area contributed by atoms with Gasteiger partial charge in [0.25, 0.3) is 10.0 Å². The molecule has 0 unspecified atom stereocenters. The SMILES string of the molecule is CCN(CCC[N+](C)(C)C)S(=O)(=O)C(F)(F)C(F)(F)C(F)(F)C(F)(F)C(F)(F)C(F)(F)F.CCOS(=O)(=O)[O-]. The van der Waals surface area contributed by atoms with Crippen molar-refractivity contribution in [3.8, 4) is 0 Å². The van der Waals surface area contributed by atoms with Crippen LogP contribution < -0.4 is 0 Å². The van der Waals surface area contributed by atoms with Gasteiger partial charge in [0.05, 0.1) is 34.3 Å². The highest BCUT2D eigenvalue weighted by atomic mass is 32.3. The van der Waals surface area contributed by atoms with Gasteiger partial charge in [0.15, 0.2) is 0 Å². The lowest BCUT2D eigenvalue weighted by Crippen LogP contribution is -2.71. The van der Waals surface area contributed by atoms with E-state index in [4.69, 9.17) is 0 Å². The molecule has 0 N–H and O–H groups in total. The predicted octanol–water partition coefficient (Wildman–Crippen LogP) is 3.91. The summed E-state index contributed by atoms with van der Waals surface area (Å²) < 4.78 is 227. The maximum Gasteiger partial charge on any atom is 0.460 e. The maximum atomic E-state index is 14.1. The number of nitrogens with zero attached hydrogens (tertiary/aromatic N) is 2. The van der Waals surface area contributed by atoms with E-state index in [1.54, 1.807) is 0 Å². The lowest BCUT2D eigenvalue weighted by Gasteiger charge is -2.40. The van der Waals surface area contributed by atoms with Crippen molar-refractivity contribution in [1.29, 1.82) is 0 Å². The van der Waals surface area contributed by atoms with E-state index in [0.717, 1.165) is 6.92 Å². The van der Waals surface area contributed by atoms with Crippen LogP contribution in [0.25, 0.3) is 0 Å². The Morgan fingerprint density at radius 3 is 1.36 bits per heavy atom. The van der Waals surface area contributed by atoms with E-state index in [1.807, 2.05) is 0 Å². The fraction of sp³-hybridized carbons (Fsp3) is 1.00. The van der Waals surface area contributed by atoms with Crippen molar-refractivity contribution in [2.45, 2.75) is 55.4 Å². The number of hydrogen-bond donors (Lipinski definition) is 0. The van der Waals surface area contributed by atoms with Gasteiger partial charge >= 0.3 is 35.1 Å². The third-order valence-corrected chi connectivity index (χ3v) is 6.97. The van der Waals surface area contributed by atoms with Gasteiger partial charge in [-0.3, -0.25) is 4.18 Å². The second kappa shape index (κ2) is 12.4. The van der Waals surface area contributed by atoms with Crippen molar-refractivity contribution >= 4 is 20.4 Å². The number of halogens is 13. The van der Waals surface area contributed by atoms with Crippen LogP contribution in [0.3, 0.4) is 0 Å². The summed E-state index contributed by atoms with van der Waals surface area (Å²) in [6.45, 7) is 0.0795. The number of rotatable bonds is 13. The molecule has 0 aromatic carbocycles. The minimum Gasteiger partial charge on any atom is -0.726 e. The van der Waals surface area contributed by atoms with Crippen molar-refractivity contribution < 1.29 is 87.1 Å². The Morgan fingerprint density at radius 1 is 0.718 bits per heavy atom. The molecule has 0 radical (unpaired) electrons. The summed E-state index contributed by atoms with van der Waals surface area (Å²) >= 11 is 0. The van der Waals surface area contributed by atoms with Crippen molar-refractivity contribution in [3.63, 3.8) is 0 Å². The normalized spacial score (nSPS) is 15.3. The first-order valence-corrected chi connectivity index (χ1v) is 12.9. The van der Waals surface area contributed by atoms with Gasteiger partial charge in [-0.15, -0.1) is 0 Å². The highest BCUT2D eigenvalue weighted by Gasteiger charge is 2.92. The topological polar surface area (TPSA) is 104 Å². The van der Waals surface area contributed by atoms with Gasteiger partial charge in [0.2, 0.25) is 10.4 Å². The minimum absolute atomic E-state index is 0.0278. The van der Waals surface area contributed by atoms with E-state index in [-0.39, 0.29) is 24.1 Å². The lowest BCUT2D eigenvalue weighted by molar-refractivity contribution is -0.870. The minimum atomic E-state index is -8.16.